The van der Waals surface area contributed by atoms with Crippen LogP contribution in [0.3, 0.4) is 0 Å². The Labute approximate surface area is 150 Å². The second-order valence-corrected chi connectivity index (χ2v) is 8.69. The Bertz CT molecular complexity index is 685. The molecule has 2 bridgehead atoms. The fourth-order valence-corrected chi connectivity index (χ4v) is 6.58. The topological polar surface area (TPSA) is 0 Å². The van der Waals surface area contributed by atoms with Gasteiger partial charge in [0.15, 0.2) is 0 Å². The summed E-state index contributed by atoms with van der Waals surface area (Å²) in [6.07, 6.45) is 9.91. The minimum absolute atomic E-state index is 0.643. The van der Waals surface area contributed by atoms with Crippen molar-refractivity contribution in [2.45, 2.75) is 63.0 Å². The number of thiophene rings is 1. The Hall–Kier alpha value is -1.46. The van der Waals surface area contributed by atoms with Gasteiger partial charge in [-0.1, -0.05) is 81.0 Å². The molecule has 2 aliphatic rings. The average molecular weight is 333 g/mol. The first kappa shape index (κ1) is 16.0. The lowest BCUT2D eigenvalue weighted by molar-refractivity contribution is 0.441. The molecule has 124 valence electrons. The molecule has 0 aliphatic carbocycles. The van der Waals surface area contributed by atoms with Crippen LogP contribution in [0.2, 0.25) is 11.6 Å². The highest BCUT2D eigenvalue weighted by molar-refractivity contribution is 7.28. The van der Waals surface area contributed by atoms with Gasteiger partial charge in [-0.2, -0.15) is 11.3 Å². The Morgan fingerprint density at radius 1 is 0.917 bits per heavy atom. The molecule has 2 heteroatoms. The first-order valence-electron chi connectivity index (χ1n) is 9.64. The lowest BCUT2D eigenvalue weighted by atomic mass is 9.09. The smallest absolute Gasteiger partial charge is 0.114 e. The minimum atomic E-state index is -0.643. The zero-order valence-corrected chi connectivity index (χ0v) is 15.2. The number of hydrogen-bond donors (Lipinski definition) is 0. The van der Waals surface area contributed by atoms with Crippen LogP contribution in [0.15, 0.2) is 47.8 Å². The molecule has 0 spiro atoms. The maximum Gasteiger partial charge on any atom is 0.114 e. The molecule has 0 atom stereocenters. The van der Waals surface area contributed by atoms with Gasteiger partial charge in [0.2, 0.25) is 0 Å². The Balaban J connectivity index is 1.59. The summed E-state index contributed by atoms with van der Waals surface area (Å²) in [5.41, 5.74) is 1.41. The standard InChI is InChI=1S/C22H26BS/c1-2-9-19(10-3-1)11-4-5-17-23(22-16-8-18-24-22)20-12-6-13-21(23)15-7-14-20/h1-3,8-10,16,18,20-21H,4,6-7,11-15H2/q-1. The predicted octanol–water partition coefficient (Wildman–Crippen LogP) is 5.69. The third kappa shape index (κ3) is 2.95. The highest BCUT2D eigenvalue weighted by atomic mass is 32.1. The summed E-state index contributed by atoms with van der Waals surface area (Å²) in [6, 6.07) is 15.4. The zero-order chi connectivity index (χ0) is 16.2. The summed E-state index contributed by atoms with van der Waals surface area (Å²) in [6.45, 7) is 0. The Morgan fingerprint density at radius 3 is 2.25 bits per heavy atom. The highest BCUT2D eigenvalue weighted by Crippen LogP contribution is 2.52. The molecule has 1 aromatic heterocycles. The summed E-state index contributed by atoms with van der Waals surface area (Å²) in [7, 11) is 0. The van der Waals surface area contributed by atoms with Crippen molar-refractivity contribution in [1.29, 1.82) is 0 Å². The van der Waals surface area contributed by atoms with E-state index in [0.29, 0.717) is 0 Å². The maximum atomic E-state index is 3.93. The lowest BCUT2D eigenvalue weighted by Crippen LogP contribution is -2.57. The van der Waals surface area contributed by atoms with Crippen LogP contribution in [-0.2, 0) is 6.42 Å². The van der Waals surface area contributed by atoms with Gasteiger partial charge in [0.1, 0.15) is 6.15 Å². The van der Waals surface area contributed by atoms with Gasteiger partial charge in [0.05, 0.1) is 0 Å². The Kier molecular flexibility index (Phi) is 4.81. The highest BCUT2D eigenvalue weighted by Gasteiger charge is 2.44. The monoisotopic (exact) mass is 333 g/mol. The molecule has 2 aromatic rings. The van der Waals surface area contributed by atoms with Crippen molar-refractivity contribution in [1.82, 2.24) is 0 Å². The molecule has 4 rings (SSSR count). The Morgan fingerprint density at radius 2 is 1.62 bits per heavy atom. The molecular weight excluding hydrogens is 307 g/mol. The quantitative estimate of drug-likeness (QED) is 0.500. The van der Waals surface area contributed by atoms with Crippen molar-refractivity contribution in [2.75, 3.05) is 0 Å². The second-order valence-electron chi connectivity index (χ2n) is 7.71. The van der Waals surface area contributed by atoms with E-state index in [1.807, 2.05) is 11.3 Å². The third-order valence-corrected chi connectivity index (χ3v) is 7.61. The van der Waals surface area contributed by atoms with E-state index in [4.69, 9.17) is 0 Å². The van der Waals surface area contributed by atoms with Crippen LogP contribution >= 0.6 is 11.3 Å². The van der Waals surface area contributed by atoms with E-state index in [1.54, 1.807) is 4.78 Å². The van der Waals surface area contributed by atoms with E-state index < -0.39 is 6.15 Å². The van der Waals surface area contributed by atoms with E-state index >= 15 is 0 Å². The molecule has 0 radical (unpaired) electrons. The van der Waals surface area contributed by atoms with E-state index in [9.17, 15) is 0 Å². The van der Waals surface area contributed by atoms with Gasteiger partial charge in [-0.25, -0.2) is 0 Å². The van der Waals surface area contributed by atoms with E-state index in [-0.39, 0.29) is 0 Å². The van der Waals surface area contributed by atoms with Gasteiger partial charge in [0.25, 0.3) is 0 Å². The van der Waals surface area contributed by atoms with Gasteiger partial charge in [0, 0.05) is 6.42 Å². The van der Waals surface area contributed by atoms with Crippen molar-refractivity contribution in [2.24, 2.45) is 0 Å². The fraction of sp³-hybridized carbons (Fsp3) is 0.455. The van der Waals surface area contributed by atoms with Crippen LogP contribution in [0, 0.1) is 11.7 Å². The fourth-order valence-electron chi connectivity index (χ4n) is 5.44. The molecule has 0 nitrogen and oxygen atoms in total. The van der Waals surface area contributed by atoms with Crippen LogP contribution in [-0.4, -0.2) is 6.15 Å². The number of benzene rings is 1. The molecule has 2 fully saturated rings. The van der Waals surface area contributed by atoms with E-state index in [2.05, 4.69) is 59.6 Å². The summed E-state index contributed by atoms with van der Waals surface area (Å²) < 4.78 is 1.61. The predicted molar refractivity (Wildman–Crippen MR) is 107 cm³/mol. The molecule has 2 aliphatic heterocycles. The first-order valence-corrected chi connectivity index (χ1v) is 10.5. The first-order chi connectivity index (χ1) is 11.9. The zero-order valence-electron chi connectivity index (χ0n) is 14.4. The van der Waals surface area contributed by atoms with Gasteiger partial charge in [-0.3, -0.25) is 0 Å². The SMILES string of the molecule is C(#C[B-]1(c2cccs2)C2CCCC1CCC2)CCc1ccccc1. The molecule has 1 aromatic carbocycles. The van der Waals surface area contributed by atoms with Gasteiger partial charge >= 0.3 is 0 Å². The van der Waals surface area contributed by atoms with Gasteiger partial charge in [-0.05, 0) is 17.4 Å². The number of fused-ring (bicyclic) bond motifs is 2. The molecule has 2 saturated heterocycles. The van der Waals surface area contributed by atoms with Gasteiger partial charge in [-0.15, -0.1) is 22.3 Å². The molecule has 0 N–H and O–H groups in total. The normalized spacial score (nSPS) is 28.8. The minimum Gasteiger partial charge on any atom is -0.307 e. The van der Waals surface area contributed by atoms with Crippen molar-refractivity contribution in [3.8, 4) is 11.7 Å². The molecule has 3 heterocycles. The van der Waals surface area contributed by atoms with Crippen LogP contribution in [0.4, 0.5) is 0 Å². The second kappa shape index (κ2) is 7.20. The molecule has 0 unspecified atom stereocenters. The maximum absolute atomic E-state index is 3.93. The lowest BCUT2D eigenvalue weighted by Gasteiger charge is -2.56. The van der Waals surface area contributed by atoms with Crippen LogP contribution in [0.5, 0.6) is 0 Å². The summed E-state index contributed by atoms with van der Waals surface area (Å²) in [5.74, 6) is 9.27. The van der Waals surface area contributed by atoms with Crippen molar-refractivity contribution < 1.29 is 0 Å². The van der Waals surface area contributed by atoms with Crippen molar-refractivity contribution in [3.05, 3.63) is 53.4 Å². The van der Waals surface area contributed by atoms with Crippen molar-refractivity contribution in [3.63, 3.8) is 0 Å². The van der Waals surface area contributed by atoms with Gasteiger partial charge < -0.3 is 5.82 Å². The molecule has 0 saturated carbocycles. The summed E-state index contributed by atoms with van der Waals surface area (Å²) >= 11 is 1.96. The summed E-state index contributed by atoms with van der Waals surface area (Å²) in [4.78, 5) is 0. The van der Waals surface area contributed by atoms with Crippen LogP contribution < -0.4 is 4.78 Å². The largest absolute Gasteiger partial charge is 0.307 e. The number of aryl methyl sites for hydroxylation is 1. The van der Waals surface area contributed by atoms with Crippen molar-refractivity contribution >= 4 is 22.3 Å². The van der Waals surface area contributed by atoms with Crippen LogP contribution in [0.1, 0.15) is 50.5 Å². The van der Waals surface area contributed by atoms with E-state index in [1.165, 1.54) is 44.1 Å². The number of rotatable bonds is 3. The van der Waals surface area contributed by atoms with Crippen LogP contribution in [0.25, 0.3) is 0 Å². The average Bonchev–Trinajstić information content (AvgIpc) is 3.14. The number of hydrogen-bond acceptors (Lipinski definition) is 1. The molecule has 0 amide bonds. The molecule has 24 heavy (non-hydrogen) atoms. The third-order valence-electron chi connectivity index (χ3n) is 6.52. The van der Waals surface area contributed by atoms with E-state index in [0.717, 1.165) is 24.5 Å². The molecular formula is C22H26BS-. The summed E-state index contributed by atoms with van der Waals surface area (Å²) in [5, 5.41) is 2.26.